The maximum Gasteiger partial charge on any atom is 0.407 e. The Balaban J connectivity index is 1.83. The van der Waals surface area contributed by atoms with Crippen LogP contribution in [0.25, 0.3) is 0 Å². The Hall–Kier alpha value is -2.08. The first-order valence-electron chi connectivity index (χ1n) is 9.57. The molecule has 6 nitrogen and oxygen atoms in total. The van der Waals surface area contributed by atoms with Crippen LogP contribution in [0, 0.1) is 0 Å². The maximum absolute atomic E-state index is 12.5. The Morgan fingerprint density at radius 1 is 1.22 bits per heavy atom. The summed E-state index contributed by atoms with van der Waals surface area (Å²) >= 11 is 0. The third kappa shape index (κ3) is 6.24. The topological polar surface area (TPSA) is 70.7 Å². The third-order valence-corrected chi connectivity index (χ3v) is 4.75. The Kier molecular flexibility index (Phi) is 6.52. The van der Waals surface area contributed by atoms with E-state index < -0.39 is 11.7 Å². The molecule has 1 heterocycles. The predicted molar refractivity (Wildman–Crippen MR) is 106 cm³/mol. The molecule has 0 radical (unpaired) electrons. The van der Waals surface area contributed by atoms with Crippen molar-refractivity contribution in [1.29, 1.82) is 0 Å². The van der Waals surface area contributed by atoms with Crippen molar-refractivity contribution in [2.45, 2.75) is 78.2 Å². The fourth-order valence-corrected chi connectivity index (χ4v) is 3.01. The van der Waals surface area contributed by atoms with Crippen LogP contribution in [-0.2, 0) is 22.6 Å². The van der Waals surface area contributed by atoms with E-state index in [0.717, 1.165) is 24.1 Å². The molecule has 0 spiro atoms. The number of likely N-dealkylation sites (tertiary alicyclic amines) is 1. The molecule has 0 aliphatic carbocycles. The second-order valence-electron chi connectivity index (χ2n) is 8.83. The molecule has 1 aromatic carbocycles. The van der Waals surface area contributed by atoms with Gasteiger partial charge in [-0.3, -0.25) is 4.79 Å². The molecule has 1 atom stereocenters. The summed E-state index contributed by atoms with van der Waals surface area (Å²) in [6.45, 7) is 13.5. The molecule has 0 saturated carbocycles. The van der Waals surface area contributed by atoms with Gasteiger partial charge in [-0.25, -0.2) is 4.79 Å². The summed E-state index contributed by atoms with van der Waals surface area (Å²) in [5.74, 6) is 0.147. The number of ether oxygens (including phenoxy) is 1. The zero-order chi connectivity index (χ0) is 20.2. The lowest BCUT2D eigenvalue weighted by Crippen LogP contribution is -2.62. The minimum atomic E-state index is -0.510. The molecule has 1 unspecified atom stereocenters. The monoisotopic (exact) mass is 375 g/mol. The molecule has 6 heteroatoms. The summed E-state index contributed by atoms with van der Waals surface area (Å²) < 4.78 is 5.25. The Morgan fingerprint density at radius 2 is 1.85 bits per heavy atom. The number of hydrogen-bond donors (Lipinski definition) is 2. The molecule has 2 N–H and O–H groups in total. The number of rotatable bonds is 6. The van der Waals surface area contributed by atoms with Gasteiger partial charge in [0.1, 0.15) is 5.60 Å². The standard InChI is InChI=1S/C21H33N3O3/c1-15(18(25)24-11-10-21(24,5)6)22-13-16-8-7-9-17(12-16)14-23-19(26)27-20(2,3)4/h7-9,12,15,22H,10-11,13-14H2,1-6H3,(H,23,26). The summed E-state index contributed by atoms with van der Waals surface area (Å²) in [5.41, 5.74) is 1.52. The van der Waals surface area contributed by atoms with Crippen molar-refractivity contribution >= 4 is 12.0 Å². The van der Waals surface area contributed by atoms with Crippen molar-refractivity contribution < 1.29 is 14.3 Å². The number of alkyl carbamates (subject to hydrolysis) is 1. The van der Waals surface area contributed by atoms with Gasteiger partial charge in [0.15, 0.2) is 0 Å². The second-order valence-corrected chi connectivity index (χ2v) is 8.83. The zero-order valence-corrected chi connectivity index (χ0v) is 17.4. The minimum absolute atomic E-state index is 0.0275. The van der Waals surface area contributed by atoms with Gasteiger partial charge in [-0.1, -0.05) is 24.3 Å². The van der Waals surface area contributed by atoms with Crippen molar-refractivity contribution in [2.75, 3.05) is 6.54 Å². The average molecular weight is 376 g/mol. The molecule has 1 aliphatic heterocycles. The van der Waals surface area contributed by atoms with Crippen LogP contribution < -0.4 is 10.6 Å². The van der Waals surface area contributed by atoms with Gasteiger partial charge >= 0.3 is 6.09 Å². The third-order valence-electron chi connectivity index (χ3n) is 4.75. The fourth-order valence-electron chi connectivity index (χ4n) is 3.01. The summed E-state index contributed by atoms with van der Waals surface area (Å²) in [5, 5.41) is 6.07. The van der Waals surface area contributed by atoms with Gasteiger partial charge in [-0.05, 0) is 59.1 Å². The van der Waals surface area contributed by atoms with E-state index in [0.29, 0.717) is 13.1 Å². The normalized spacial score (nSPS) is 17.0. The number of amides is 2. The van der Waals surface area contributed by atoms with Crippen LogP contribution in [0.2, 0.25) is 0 Å². The molecule has 0 bridgehead atoms. The van der Waals surface area contributed by atoms with Gasteiger partial charge in [0.2, 0.25) is 5.91 Å². The Bertz CT molecular complexity index is 679. The Morgan fingerprint density at radius 3 is 2.37 bits per heavy atom. The van der Waals surface area contributed by atoms with Crippen molar-refractivity contribution in [2.24, 2.45) is 0 Å². The Labute approximate surface area is 162 Å². The largest absolute Gasteiger partial charge is 0.444 e. The van der Waals surface area contributed by atoms with Gasteiger partial charge in [0.25, 0.3) is 0 Å². The number of nitrogens with zero attached hydrogens (tertiary/aromatic N) is 1. The SMILES string of the molecule is CC(NCc1cccc(CNC(=O)OC(C)(C)C)c1)C(=O)N1CCC1(C)C. The zero-order valence-electron chi connectivity index (χ0n) is 17.4. The van der Waals surface area contributed by atoms with Crippen molar-refractivity contribution in [3.05, 3.63) is 35.4 Å². The van der Waals surface area contributed by atoms with Crippen LogP contribution in [-0.4, -0.2) is 40.6 Å². The summed E-state index contributed by atoms with van der Waals surface area (Å²) in [4.78, 5) is 26.2. The summed E-state index contributed by atoms with van der Waals surface area (Å²) in [6, 6.07) is 7.71. The van der Waals surface area contributed by atoms with Gasteiger partial charge in [-0.2, -0.15) is 0 Å². The van der Waals surface area contributed by atoms with Crippen LogP contribution in [0.5, 0.6) is 0 Å². The maximum atomic E-state index is 12.5. The molecule has 1 saturated heterocycles. The van der Waals surface area contributed by atoms with E-state index >= 15 is 0 Å². The van der Waals surface area contributed by atoms with E-state index in [4.69, 9.17) is 4.74 Å². The van der Waals surface area contributed by atoms with E-state index in [2.05, 4.69) is 24.5 Å². The molecule has 1 aromatic rings. The van der Waals surface area contributed by atoms with E-state index in [-0.39, 0.29) is 17.5 Å². The van der Waals surface area contributed by atoms with E-state index in [1.54, 1.807) is 0 Å². The number of carbonyl (C=O) groups excluding carboxylic acids is 2. The molecular formula is C21H33N3O3. The van der Waals surface area contributed by atoms with E-state index in [1.165, 1.54) is 0 Å². The lowest BCUT2D eigenvalue weighted by atomic mass is 9.88. The average Bonchev–Trinajstić information content (AvgIpc) is 2.55. The summed E-state index contributed by atoms with van der Waals surface area (Å²) in [7, 11) is 0. The molecule has 150 valence electrons. The van der Waals surface area contributed by atoms with Crippen molar-refractivity contribution in [3.63, 3.8) is 0 Å². The lowest BCUT2D eigenvalue weighted by molar-refractivity contribution is -0.146. The fraction of sp³-hybridized carbons (Fsp3) is 0.619. The summed E-state index contributed by atoms with van der Waals surface area (Å²) in [6.07, 6.45) is 0.625. The lowest BCUT2D eigenvalue weighted by Gasteiger charge is -2.49. The van der Waals surface area contributed by atoms with Crippen LogP contribution in [0.3, 0.4) is 0 Å². The molecule has 2 rings (SSSR count). The number of carbonyl (C=O) groups is 2. The van der Waals surface area contributed by atoms with Crippen LogP contribution >= 0.6 is 0 Å². The first-order chi connectivity index (χ1) is 12.5. The predicted octanol–water partition coefficient (Wildman–Crippen LogP) is 3.20. The van der Waals surface area contributed by atoms with E-state index in [1.807, 2.05) is 56.9 Å². The first kappa shape index (κ1) is 21.2. The van der Waals surface area contributed by atoms with Crippen LogP contribution in [0.4, 0.5) is 4.79 Å². The van der Waals surface area contributed by atoms with Crippen LogP contribution in [0.1, 0.15) is 59.1 Å². The highest BCUT2D eigenvalue weighted by molar-refractivity contribution is 5.83. The van der Waals surface area contributed by atoms with Crippen LogP contribution in [0.15, 0.2) is 24.3 Å². The molecule has 2 amide bonds. The molecule has 0 aromatic heterocycles. The molecule has 27 heavy (non-hydrogen) atoms. The van der Waals surface area contributed by atoms with Gasteiger partial charge in [-0.15, -0.1) is 0 Å². The highest BCUT2D eigenvalue weighted by Crippen LogP contribution is 2.29. The molecular weight excluding hydrogens is 342 g/mol. The second kappa shape index (κ2) is 8.30. The van der Waals surface area contributed by atoms with E-state index in [9.17, 15) is 9.59 Å². The highest BCUT2D eigenvalue weighted by atomic mass is 16.6. The molecule has 1 aliphatic rings. The van der Waals surface area contributed by atoms with Crippen molar-refractivity contribution in [1.82, 2.24) is 15.5 Å². The number of benzene rings is 1. The van der Waals surface area contributed by atoms with Crippen molar-refractivity contribution in [3.8, 4) is 0 Å². The van der Waals surface area contributed by atoms with Gasteiger partial charge in [0.05, 0.1) is 6.04 Å². The molecule has 1 fully saturated rings. The van der Waals surface area contributed by atoms with Gasteiger partial charge in [0, 0.05) is 25.2 Å². The number of hydrogen-bond acceptors (Lipinski definition) is 4. The smallest absolute Gasteiger partial charge is 0.407 e. The quantitative estimate of drug-likeness (QED) is 0.801. The van der Waals surface area contributed by atoms with Gasteiger partial charge < -0.3 is 20.3 Å². The number of nitrogens with one attached hydrogen (secondary N) is 2. The first-order valence-corrected chi connectivity index (χ1v) is 9.57. The highest BCUT2D eigenvalue weighted by Gasteiger charge is 2.40. The minimum Gasteiger partial charge on any atom is -0.444 e.